The molecule has 0 aromatic heterocycles. The van der Waals surface area contributed by atoms with Crippen molar-refractivity contribution in [1.82, 2.24) is 4.90 Å². The Morgan fingerprint density at radius 3 is 2.00 bits per heavy atom. The van der Waals surface area contributed by atoms with Gasteiger partial charge in [-0.3, -0.25) is 4.90 Å². The van der Waals surface area contributed by atoms with E-state index in [9.17, 15) is 0 Å². The summed E-state index contributed by atoms with van der Waals surface area (Å²) in [5.74, 6) is 0. The minimum Gasteiger partial charge on any atom is -0.378 e. The van der Waals surface area contributed by atoms with E-state index in [-0.39, 0.29) is 6.23 Å². The number of aliphatic hydroxyl groups excluding tert-OH is 1. The zero-order chi connectivity index (χ0) is 5.86. The van der Waals surface area contributed by atoms with Gasteiger partial charge in [-0.1, -0.05) is 6.92 Å². The highest BCUT2D eigenvalue weighted by atomic mass is 16.3. The van der Waals surface area contributed by atoms with Crippen LogP contribution in [0.3, 0.4) is 0 Å². The molecule has 0 heterocycles. The van der Waals surface area contributed by atoms with Gasteiger partial charge in [0.1, 0.15) is 6.23 Å². The van der Waals surface area contributed by atoms with Crippen molar-refractivity contribution in [3.8, 4) is 0 Å². The third kappa shape index (κ3) is 2.60. The molecule has 0 aliphatic heterocycles. The van der Waals surface area contributed by atoms with E-state index in [1.807, 2.05) is 21.0 Å². The highest BCUT2D eigenvalue weighted by molar-refractivity contribution is 4.43. The van der Waals surface area contributed by atoms with Crippen LogP contribution in [0.15, 0.2) is 0 Å². The number of aliphatic hydroxyl groups is 1. The quantitative estimate of drug-likeness (QED) is 0.507. The molecule has 0 unspecified atom stereocenters. The summed E-state index contributed by atoms with van der Waals surface area (Å²) in [5.41, 5.74) is 0. The fourth-order valence-electron chi connectivity index (χ4n) is 0.365. The molecule has 0 saturated carbocycles. The number of nitrogens with zero attached hydrogens (tertiary/aromatic N) is 1. The van der Waals surface area contributed by atoms with Gasteiger partial charge in [0.2, 0.25) is 0 Å². The van der Waals surface area contributed by atoms with Gasteiger partial charge in [0, 0.05) is 0 Å². The van der Waals surface area contributed by atoms with Gasteiger partial charge in [-0.05, 0) is 20.5 Å². The van der Waals surface area contributed by atoms with E-state index in [0.29, 0.717) is 0 Å². The number of rotatable bonds is 2. The van der Waals surface area contributed by atoms with E-state index in [1.165, 1.54) is 0 Å². The van der Waals surface area contributed by atoms with Crippen LogP contribution >= 0.6 is 0 Å². The lowest BCUT2D eigenvalue weighted by Crippen LogP contribution is -2.26. The lowest BCUT2D eigenvalue weighted by molar-refractivity contribution is 0.0377. The van der Waals surface area contributed by atoms with E-state index in [1.54, 1.807) is 4.90 Å². The summed E-state index contributed by atoms with van der Waals surface area (Å²) in [6.07, 6.45) is 0.535. The summed E-state index contributed by atoms with van der Waals surface area (Å²) in [6.45, 7) is 1.95. The second kappa shape index (κ2) is 2.99. The molecule has 0 aromatic rings. The van der Waals surface area contributed by atoms with Gasteiger partial charge in [0.25, 0.3) is 0 Å². The second-order valence-electron chi connectivity index (χ2n) is 1.85. The van der Waals surface area contributed by atoms with E-state index < -0.39 is 0 Å². The van der Waals surface area contributed by atoms with Crippen LogP contribution in [0.4, 0.5) is 0 Å². The summed E-state index contributed by atoms with van der Waals surface area (Å²) < 4.78 is 0. The summed E-state index contributed by atoms with van der Waals surface area (Å²) in [4.78, 5) is 1.78. The van der Waals surface area contributed by atoms with Gasteiger partial charge >= 0.3 is 0 Å². The first-order valence-electron chi connectivity index (χ1n) is 2.53. The van der Waals surface area contributed by atoms with Gasteiger partial charge in [-0.25, -0.2) is 0 Å². The lowest BCUT2D eigenvalue weighted by Gasteiger charge is -2.15. The Kier molecular flexibility index (Phi) is 2.96. The Bertz CT molecular complexity index is 45.3. The molecule has 0 saturated heterocycles. The van der Waals surface area contributed by atoms with Crippen molar-refractivity contribution in [3.63, 3.8) is 0 Å². The van der Waals surface area contributed by atoms with Crippen molar-refractivity contribution in [3.05, 3.63) is 0 Å². The average Bonchev–Trinajstić information content (AvgIpc) is 1.65. The second-order valence-corrected chi connectivity index (χ2v) is 1.85. The fourth-order valence-corrected chi connectivity index (χ4v) is 0.365. The molecule has 0 aliphatic carbocycles. The van der Waals surface area contributed by atoms with Crippen LogP contribution in [0.5, 0.6) is 0 Å². The highest BCUT2D eigenvalue weighted by Gasteiger charge is 1.99. The summed E-state index contributed by atoms with van der Waals surface area (Å²) in [5, 5.41) is 8.86. The largest absolute Gasteiger partial charge is 0.378 e. The predicted octanol–water partition coefficient (Wildman–Crippen LogP) is 0.276. The molecule has 0 aliphatic rings. The Balaban J connectivity index is 3.14. The first-order valence-corrected chi connectivity index (χ1v) is 2.53. The molecule has 2 heteroatoms. The molecule has 0 fully saturated rings. The first kappa shape index (κ1) is 6.92. The molecular formula is C5H13NO. The van der Waals surface area contributed by atoms with E-state index in [0.717, 1.165) is 6.42 Å². The smallest absolute Gasteiger partial charge is 0.106 e. The summed E-state index contributed by atoms with van der Waals surface area (Å²) >= 11 is 0. The van der Waals surface area contributed by atoms with E-state index in [2.05, 4.69) is 0 Å². The SMILES string of the molecule is CC[C@@H](O)N(C)C. The molecule has 7 heavy (non-hydrogen) atoms. The zero-order valence-corrected chi connectivity index (χ0v) is 5.18. The van der Waals surface area contributed by atoms with Gasteiger partial charge in [0.05, 0.1) is 0 Å². The highest BCUT2D eigenvalue weighted by Crippen LogP contribution is 1.90. The normalized spacial score (nSPS) is 15.0. The van der Waals surface area contributed by atoms with Crippen LogP contribution in [-0.2, 0) is 0 Å². The van der Waals surface area contributed by atoms with Crippen LogP contribution in [0.1, 0.15) is 13.3 Å². The molecular weight excluding hydrogens is 90.1 g/mol. The topological polar surface area (TPSA) is 23.5 Å². The maximum atomic E-state index is 8.86. The monoisotopic (exact) mass is 103 g/mol. The van der Waals surface area contributed by atoms with Crippen LogP contribution in [0.25, 0.3) is 0 Å². The van der Waals surface area contributed by atoms with Crippen LogP contribution < -0.4 is 0 Å². The van der Waals surface area contributed by atoms with Crippen LogP contribution in [0.2, 0.25) is 0 Å². The standard InChI is InChI=1S/C5H13NO/c1-4-5(7)6(2)3/h5,7H,4H2,1-3H3/t5-/m1/s1. The molecule has 1 N–H and O–H groups in total. The summed E-state index contributed by atoms with van der Waals surface area (Å²) in [7, 11) is 3.71. The third-order valence-electron chi connectivity index (χ3n) is 0.961. The Hall–Kier alpha value is -0.0800. The maximum absolute atomic E-state index is 8.86. The van der Waals surface area contributed by atoms with E-state index >= 15 is 0 Å². The maximum Gasteiger partial charge on any atom is 0.106 e. The van der Waals surface area contributed by atoms with Crippen molar-refractivity contribution >= 4 is 0 Å². The fraction of sp³-hybridized carbons (Fsp3) is 1.00. The molecule has 0 bridgehead atoms. The molecule has 0 amide bonds. The van der Waals surface area contributed by atoms with Crippen molar-refractivity contribution in [2.45, 2.75) is 19.6 Å². The van der Waals surface area contributed by atoms with Gasteiger partial charge in [-0.15, -0.1) is 0 Å². The van der Waals surface area contributed by atoms with Gasteiger partial charge < -0.3 is 5.11 Å². The zero-order valence-electron chi connectivity index (χ0n) is 5.18. The number of hydrogen-bond acceptors (Lipinski definition) is 2. The van der Waals surface area contributed by atoms with Crippen LogP contribution in [-0.4, -0.2) is 30.3 Å². The van der Waals surface area contributed by atoms with Gasteiger partial charge in [0.15, 0.2) is 0 Å². The minimum atomic E-state index is -0.264. The molecule has 2 nitrogen and oxygen atoms in total. The van der Waals surface area contributed by atoms with Crippen molar-refractivity contribution in [2.75, 3.05) is 14.1 Å². The molecule has 1 atom stereocenters. The third-order valence-corrected chi connectivity index (χ3v) is 0.961. The van der Waals surface area contributed by atoms with Crippen molar-refractivity contribution in [2.24, 2.45) is 0 Å². The van der Waals surface area contributed by atoms with Gasteiger partial charge in [-0.2, -0.15) is 0 Å². The predicted molar refractivity (Wildman–Crippen MR) is 30.0 cm³/mol. The van der Waals surface area contributed by atoms with E-state index in [4.69, 9.17) is 5.11 Å². The lowest BCUT2D eigenvalue weighted by atomic mass is 10.4. The van der Waals surface area contributed by atoms with Crippen molar-refractivity contribution < 1.29 is 5.11 Å². The van der Waals surface area contributed by atoms with Crippen LogP contribution in [0, 0.1) is 0 Å². The molecule has 0 rings (SSSR count). The minimum absolute atomic E-state index is 0.264. The Morgan fingerprint density at radius 1 is 1.57 bits per heavy atom. The first-order chi connectivity index (χ1) is 3.18. The molecule has 0 spiro atoms. The molecule has 44 valence electrons. The number of hydrogen-bond donors (Lipinski definition) is 1. The average molecular weight is 103 g/mol. The molecule has 0 aromatic carbocycles. The summed E-state index contributed by atoms with van der Waals surface area (Å²) in [6, 6.07) is 0. The Labute approximate surface area is 44.8 Å². The Morgan fingerprint density at radius 2 is 2.00 bits per heavy atom. The molecule has 0 radical (unpaired) electrons. The van der Waals surface area contributed by atoms with Crippen molar-refractivity contribution in [1.29, 1.82) is 0 Å².